The van der Waals surface area contributed by atoms with Crippen molar-refractivity contribution in [2.24, 2.45) is 0 Å². The molecule has 2 heterocycles. The van der Waals surface area contributed by atoms with Crippen LogP contribution in [0.15, 0.2) is 10.5 Å². The predicted octanol–water partition coefficient (Wildman–Crippen LogP) is 0.558. The Morgan fingerprint density at radius 3 is 2.83 bits per heavy atom. The van der Waals surface area contributed by atoms with Gasteiger partial charge in [0.2, 0.25) is 0 Å². The fraction of sp³-hybridized carbons (Fsp3) is 0.583. The van der Waals surface area contributed by atoms with E-state index in [4.69, 9.17) is 13.9 Å². The molecule has 18 heavy (non-hydrogen) atoms. The van der Waals surface area contributed by atoms with Gasteiger partial charge >= 0.3 is 5.97 Å². The number of aliphatic hydroxyl groups excluding tert-OH is 2. The molecule has 0 bridgehead atoms. The van der Waals surface area contributed by atoms with Gasteiger partial charge in [-0.25, -0.2) is 4.79 Å². The summed E-state index contributed by atoms with van der Waals surface area (Å²) in [6.45, 7) is 3.67. The van der Waals surface area contributed by atoms with E-state index in [0.717, 1.165) is 0 Å². The van der Waals surface area contributed by atoms with Crippen molar-refractivity contribution in [3.8, 4) is 0 Å². The van der Waals surface area contributed by atoms with E-state index in [1.54, 1.807) is 13.8 Å². The topological polar surface area (TPSA) is 89.1 Å². The number of rotatable bonds is 3. The Labute approximate surface area is 104 Å². The molecule has 2 N–H and O–H groups in total. The third kappa shape index (κ3) is 2.27. The minimum atomic E-state index is -1.05. The Hall–Kier alpha value is -1.37. The smallest absolute Gasteiger partial charge is 0.341 e. The molecule has 0 aliphatic carbocycles. The minimum Gasteiger partial charge on any atom is -0.463 e. The largest absolute Gasteiger partial charge is 0.463 e. The molecule has 6 heteroatoms. The molecule has 0 unspecified atom stereocenters. The molecule has 0 aromatic carbocycles. The number of furan rings is 1. The van der Waals surface area contributed by atoms with E-state index in [9.17, 15) is 15.0 Å². The molecule has 1 fully saturated rings. The second-order valence-corrected chi connectivity index (χ2v) is 4.15. The maximum absolute atomic E-state index is 11.6. The van der Waals surface area contributed by atoms with Gasteiger partial charge in [-0.05, 0) is 19.9 Å². The molecule has 0 radical (unpaired) electrons. The summed E-state index contributed by atoms with van der Waals surface area (Å²) in [4.78, 5) is 11.6. The summed E-state index contributed by atoms with van der Waals surface area (Å²) in [5.74, 6) is 0.248. The highest BCUT2D eigenvalue weighted by atomic mass is 16.5. The van der Waals surface area contributed by atoms with Gasteiger partial charge in [0.1, 0.15) is 35.4 Å². The summed E-state index contributed by atoms with van der Waals surface area (Å²) in [5, 5.41) is 19.1. The number of aryl methyl sites for hydroxylation is 1. The van der Waals surface area contributed by atoms with E-state index >= 15 is 0 Å². The zero-order valence-corrected chi connectivity index (χ0v) is 10.3. The summed E-state index contributed by atoms with van der Waals surface area (Å²) < 4.78 is 15.5. The highest BCUT2D eigenvalue weighted by Crippen LogP contribution is 2.32. The van der Waals surface area contributed by atoms with Crippen molar-refractivity contribution in [1.82, 2.24) is 0 Å². The first-order valence-electron chi connectivity index (χ1n) is 5.79. The SMILES string of the molecule is CCOC(=O)c1cc([C@H]2OC[C@@H](O)[C@H]2O)oc1C. The Balaban J connectivity index is 2.21. The first-order chi connectivity index (χ1) is 8.54. The Bertz CT molecular complexity index is 438. The summed E-state index contributed by atoms with van der Waals surface area (Å²) in [6.07, 6.45) is -2.74. The molecule has 2 rings (SSSR count). The van der Waals surface area contributed by atoms with Gasteiger partial charge in [0.25, 0.3) is 0 Å². The van der Waals surface area contributed by atoms with Crippen LogP contribution in [-0.2, 0) is 9.47 Å². The van der Waals surface area contributed by atoms with Crippen molar-refractivity contribution in [1.29, 1.82) is 0 Å². The molecule has 6 nitrogen and oxygen atoms in total. The van der Waals surface area contributed by atoms with Crippen molar-refractivity contribution < 1.29 is 28.9 Å². The Morgan fingerprint density at radius 2 is 2.28 bits per heavy atom. The quantitative estimate of drug-likeness (QED) is 0.768. The third-order valence-electron chi connectivity index (χ3n) is 2.86. The van der Waals surface area contributed by atoms with E-state index in [1.165, 1.54) is 6.07 Å². The lowest BCUT2D eigenvalue weighted by molar-refractivity contribution is 0.0117. The van der Waals surface area contributed by atoms with Crippen LogP contribution in [0.3, 0.4) is 0 Å². The van der Waals surface area contributed by atoms with Crippen LogP contribution < -0.4 is 0 Å². The number of aliphatic hydroxyl groups is 2. The van der Waals surface area contributed by atoms with Crippen molar-refractivity contribution in [3.63, 3.8) is 0 Å². The highest BCUT2D eigenvalue weighted by Gasteiger charge is 2.38. The number of carbonyl (C=O) groups is 1. The van der Waals surface area contributed by atoms with Crippen LogP contribution in [0.5, 0.6) is 0 Å². The number of carbonyl (C=O) groups excluding carboxylic acids is 1. The maximum atomic E-state index is 11.6. The molecule has 1 saturated heterocycles. The van der Waals surface area contributed by atoms with E-state index < -0.39 is 24.3 Å². The van der Waals surface area contributed by atoms with E-state index in [-0.39, 0.29) is 13.2 Å². The van der Waals surface area contributed by atoms with Crippen molar-refractivity contribution in [3.05, 3.63) is 23.2 Å². The molecule has 100 valence electrons. The van der Waals surface area contributed by atoms with Crippen LogP contribution in [0, 0.1) is 6.92 Å². The fourth-order valence-electron chi connectivity index (χ4n) is 1.91. The van der Waals surface area contributed by atoms with Gasteiger partial charge in [0, 0.05) is 0 Å². The van der Waals surface area contributed by atoms with Crippen LogP contribution in [0.25, 0.3) is 0 Å². The van der Waals surface area contributed by atoms with E-state index in [0.29, 0.717) is 17.1 Å². The molecule has 0 saturated carbocycles. The molecular formula is C12H16O6. The monoisotopic (exact) mass is 256 g/mol. The lowest BCUT2D eigenvalue weighted by Crippen LogP contribution is -2.24. The van der Waals surface area contributed by atoms with Crippen LogP contribution in [0.1, 0.15) is 34.9 Å². The molecule has 1 aliphatic rings. The van der Waals surface area contributed by atoms with Crippen molar-refractivity contribution in [2.75, 3.05) is 13.2 Å². The van der Waals surface area contributed by atoms with E-state index in [1.807, 2.05) is 0 Å². The molecular weight excluding hydrogens is 240 g/mol. The van der Waals surface area contributed by atoms with Crippen LogP contribution in [-0.4, -0.2) is 41.6 Å². The zero-order chi connectivity index (χ0) is 13.3. The van der Waals surface area contributed by atoms with Gasteiger partial charge in [-0.2, -0.15) is 0 Å². The molecule has 3 atom stereocenters. The Morgan fingerprint density at radius 1 is 1.56 bits per heavy atom. The fourth-order valence-corrected chi connectivity index (χ4v) is 1.91. The van der Waals surface area contributed by atoms with Crippen LogP contribution in [0.2, 0.25) is 0 Å². The molecule has 1 aromatic heterocycles. The van der Waals surface area contributed by atoms with Gasteiger partial charge in [-0.15, -0.1) is 0 Å². The zero-order valence-electron chi connectivity index (χ0n) is 10.3. The average Bonchev–Trinajstić information content (AvgIpc) is 2.85. The van der Waals surface area contributed by atoms with Gasteiger partial charge in [-0.1, -0.05) is 0 Å². The van der Waals surface area contributed by atoms with Gasteiger partial charge < -0.3 is 24.1 Å². The summed E-state index contributed by atoms with van der Waals surface area (Å²) in [6, 6.07) is 1.49. The standard InChI is InChI=1S/C12H16O6/c1-3-16-12(15)7-4-9(18-6(7)2)11-10(14)8(13)5-17-11/h4,8,10-11,13-14H,3,5H2,1-2H3/t8-,10-,11-/m1/s1. The number of hydrogen-bond acceptors (Lipinski definition) is 6. The van der Waals surface area contributed by atoms with Crippen molar-refractivity contribution >= 4 is 5.97 Å². The summed E-state index contributed by atoms with van der Waals surface area (Å²) in [7, 11) is 0. The normalized spacial score (nSPS) is 27.4. The average molecular weight is 256 g/mol. The van der Waals surface area contributed by atoms with Crippen LogP contribution >= 0.6 is 0 Å². The minimum absolute atomic E-state index is 0.0420. The number of ether oxygens (including phenoxy) is 2. The second-order valence-electron chi connectivity index (χ2n) is 4.15. The summed E-state index contributed by atoms with van der Waals surface area (Å²) in [5.41, 5.74) is 0.309. The molecule has 0 spiro atoms. The second kappa shape index (κ2) is 5.09. The first-order valence-corrected chi connectivity index (χ1v) is 5.79. The van der Waals surface area contributed by atoms with Gasteiger partial charge in [-0.3, -0.25) is 0 Å². The summed E-state index contributed by atoms with van der Waals surface area (Å²) >= 11 is 0. The first kappa shape index (κ1) is 13.1. The predicted molar refractivity (Wildman–Crippen MR) is 60.1 cm³/mol. The van der Waals surface area contributed by atoms with Gasteiger partial charge in [0.05, 0.1) is 13.2 Å². The third-order valence-corrected chi connectivity index (χ3v) is 2.86. The molecule has 1 aliphatic heterocycles. The van der Waals surface area contributed by atoms with Crippen LogP contribution in [0.4, 0.5) is 0 Å². The lowest BCUT2D eigenvalue weighted by Gasteiger charge is -2.11. The highest BCUT2D eigenvalue weighted by molar-refractivity contribution is 5.90. The maximum Gasteiger partial charge on any atom is 0.341 e. The molecule has 1 aromatic rings. The molecule has 0 amide bonds. The lowest BCUT2D eigenvalue weighted by atomic mass is 10.1. The van der Waals surface area contributed by atoms with Crippen molar-refractivity contribution in [2.45, 2.75) is 32.2 Å². The number of hydrogen-bond donors (Lipinski definition) is 2. The Kier molecular flexibility index (Phi) is 3.70. The number of esters is 1. The van der Waals surface area contributed by atoms with E-state index in [2.05, 4.69) is 0 Å². The van der Waals surface area contributed by atoms with Gasteiger partial charge in [0.15, 0.2) is 0 Å².